The van der Waals surface area contributed by atoms with Gasteiger partial charge >= 0.3 is 0 Å². The van der Waals surface area contributed by atoms with Crippen molar-refractivity contribution in [1.82, 2.24) is 4.72 Å². The van der Waals surface area contributed by atoms with E-state index in [0.29, 0.717) is 0 Å². The Morgan fingerprint density at radius 1 is 1.36 bits per heavy atom. The SMILES string of the molecule is CC1(S(=O)(=O)NC2CC2)CC1. The Bertz CT molecular complexity index is 262. The average molecular weight is 175 g/mol. The van der Waals surface area contributed by atoms with Crippen LogP contribution in [-0.2, 0) is 10.0 Å². The molecule has 1 N–H and O–H groups in total. The molecule has 4 heteroatoms. The van der Waals surface area contributed by atoms with E-state index in [1.165, 1.54) is 0 Å². The predicted octanol–water partition coefficient (Wildman–Crippen LogP) is 0.621. The maximum absolute atomic E-state index is 11.5. The second-order valence-electron chi connectivity index (χ2n) is 3.85. The van der Waals surface area contributed by atoms with Gasteiger partial charge in [0.2, 0.25) is 10.0 Å². The van der Waals surface area contributed by atoms with Gasteiger partial charge in [-0.3, -0.25) is 0 Å². The van der Waals surface area contributed by atoms with Crippen molar-refractivity contribution in [3.63, 3.8) is 0 Å². The minimum atomic E-state index is -2.97. The van der Waals surface area contributed by atoms with Gasteiger partial charge in [-0.25, -0.2) is 13.1 Å². The molecule has 0 spiro atoms. The van der Waals surface area contributed by atoms with Crippen LogP contribution in [0.1, 0.15) is 32.6 Å². The van der Waals surface area contributed by atoms with Crippen molar-refractivity contribution in [2.24, 2.45) is 0 Å². The Kier molecular flexibility index (Phi) is 1.36. The molecule has 0 aromatic carbocycles. The van der Waals surface area contributed by atoms with Crippen molar-refractivity contribution in [2.75, 3.05) is 0 Å². The summed E-state index contributed by atoms with van der Waals surface area (Å²) in [6.45, 7) is 1.82. The van der Waals surface area contributed by atoms with Crippen LogP contribution >= 0.6 is 0 Å². The first kappa shape index (κ1) is 7.55. The van der Waals surface area contributed by atoms with Crippen LogP contribution in [0.15, 0.2) is 0 Å². The number of nitrogens with one attached hydrogen (secondary N) is 1. The van der Waals surface area contributed by atoms with E-state index < -0.39 is 14.8 Å². The van der Waals surface area contributed by atoms with Crippen molar-refractivity contribution in [3.05, 3.63) is 0 Å². The first-order valence-corrected chi connectivity index (χ1v) is 5.54. The summed E-state index contributed by atoms with van der Waals surface area (Å²) in [5.74, 6) is 0. The molecular weight excluding hydrogens is 162 g/mol. The van der Waals surface area contributed by atoms with Crippen LogP contribution in [0.2, 0.25) is 0 Å². The lowest BCUT2D eigenvalue weighted by atomic mass is 10.5. The van der Waals surface area contributed by atoms with Gasteiger partial charge in [0.05, 0.1) is 4.75 Å². The third-order valence-corrected chi connectivity index (χ3v) is 4.85. The van der Waals surface area contributed by atoms with Crippen LogP contribution in [-0.4, -0.2) is 19.2 Å². The zero-order valence-corrected chi connectivity index (χ0v) is 7.45. The third-order valence-electron chi connectivity index (χ3n) is 2.50. The summed E-state index contributed by atoms with van der Waals surface area (Å²) in [6, 6.07) is 0.262. The third kappa shape index (κ3) is 1.29. The van der Waals surface area contributed by atoms with Crippen LogP contribution in [0.25, 0.3) is 0 Å². The zero-order chi connectivity index (χ0) is 8.11. The van der Waals surface area contributed by atoms with E-state index in [4.69, 9.17) is 0 Å². The maximum Gasteiger partial charge on any atom is 0.217 e. The van der Waals surface area contributed by atoms with Crippen molar-refractivity contribution in [1.29, 1.82) is 0 Å². The summed E-state index contributed by atoms with van der Waals surface area (Å²) < 4.78 is 25.2. The van der Waals surface area contributed by atoms with Gasteiger partial charge in [0, 0.05) is 6.04 Å². The largest absolute Gasteiger partial charge is 0.217 e. The quantitative estimate of drug-likeness (QED) is 0.683. The minimum absolute atomic E-state index is 0.262. The van der Waals surface area contributed by atoms with Crippen LogP contribution in [0, 0.1) is 0 Å². The molecule has 2 aliphatic rings. The van der Waals surface area contributed by atoms with E-state index in [-0.39, 0.29) is 6.04 Å². The highest BCUT2D eigenvalue weighted by Gasteiger charge is 2.51. The van der Waals surface area contributed by atoms with Crippen molar-refractivity contribution < 1.29 is 8.42 Å². The number of sulfonamides is 1. The van der Waals surface area contributed by atoms with Crippen molar-refractivity contribution in [2.45, 2.75) is 43.4 Å². The van der Waals surface area contributed by atoms with Crippen LogP contribution in [0.4, 0.5) is 0 Å². The van der Waals surface area contributed by atoms with Crippen LogP contribution < -0.4 is 4.72 Å². The molecule has 2 rings (SSSR count). The van der Waals surface area contributed by atoms with Gasteiger partial charge < -0.3 is 0 Å². The number of hydrogen-bond donors (Lipinski definition) is 1. The fraction of sp³-hybridized carbons (Fsp3) is 1.00. The summed E-state index contributed by atoms with van der Waals surface area (Å²) in [5, 5.41) is 0. The van der Waals surface area contributed by atoms with E-state index in [2.05, 4.69) is 4.72 Å². The minimum Gasteiger partial charge on any atom is -0.212 e. The Labute approximate surface area is 67.2 Å². The van der Waals surface area contributed by atoms with Gasteiger partial charge in [-0.05, 0) is 32.6 Å². The lowest BCUT2D eigenvalue weighted by Gasteiger charge is -2.10. The van der Waals surface area contributed by atoms with Gasteiger partial charge in [-0.2, -0.15) is 0 Å². The Morgan fingerprint density at radius 3 is 2.27 bits per heavy atom. The second-order valence-corrected chi connectivity index (χ2v) is 6.07. The highest BCUT2D eigenvalue weighted by atomic mass is 32.2. The van der Waals surface area contributed by atoms with E-state index in [0.717, 1.165) is 25.7 Å². The second kappa shape index (κ2) is 1.98. The average Bonchev–Trinajstić information content (AvgIpc) is 2.66. The summed E-state index contributed by atoms with van der Waals surface area (Å²) in [7, 11) is -2.97. The maximum atomic E-state index is 11.5. The molecule has 11 heavy (non-hydrogen) atoms. The number of hydrogen-bond acceptors (Lipinski definition) is 2. The first-order chi connectivity index (χ1) is 5.04. The van der Waals surface area contributed by atoms with E-state index in [9.17, 15) is 8.42 Å². The Morgan fingerprint density at radius 2 is 1.91 bits per heavy atom. The predicted molar refractivity (Wildman–Crippen MR) is 42.7 cm³/mol. The molecule has 0 amide bonds. The van der Waals surface area contributed by atoms with Crippen molar-refractivity contribution in [3.8, 4) is 0 Å². The highest BCUT2D eigenvalue weighted by molar-refractivity contribution is 7.91. The van der Waals surface area contributed by atoms with Gasteiger partial charge in [-0.1, -0.05) is 0 Å². The van der Waals surface area contributed by atoms with E-state index in [1.54, 1.807) is 0 Å². The molecule has 2 saturated carbocycles. The molecule has 3 nitrogen and oxygen atoms in total. The molecule has 0 aliphatic heterocycles. The van der Waals surface area contributed by atoms with Gasteiger partial charge in [0.1, 0.15) is 0 Å². The van der Waals surface area contributed by atoms with Crippen molar-refractivity contribution >= 4 is 10.0 Å². The molecule has 0 bridgehead atoms. The zero-order valence-electron chi connectivity index (χ0n) is 6.63. The Balaban J connectivity index is 2.08. The van der Waals surface area contributed by atoms with E-state index >= 15 is 0 Å². The monoisotopic (exact) mass is 175 g/mol. The molecule has 2 fully saturated rings. The molecule has 0 saturated heterocycles. The summed E-state index contributed by atoms with van der Waals surface area (Å²) in [6.07, 6.45) is 3.70. The van der Waals surface area contributed by atoms with Gasteiger partial charge in [0.15, 0.2) is 0 Å². The molecule has 0 heterocycles. The van der Waals surface area contributed by atoms with E-state index in [1.807, 2.05) is 6.92 Å². The fourth-order valence-corrected chi connectivity index (χ4v) is 2.61. The summed E-state index contributed by atoms with van der Waals surface area (Å²) >= 11 is 0. The molecular formula is C7H13NO2S. The molecule has 0 unspecified atom stereocenters. The van der Waals surface area contributed by atoms with Gasteiger partial charge in [0.25, 0.3) is 0 Å². The van der Waals surface area contributed by atoms with Crippen LogP contribution in [0.3, 0.4) is 0 Å². The lowest BCUT2D eigenvalue weighted by molar-refractivity contribution is 0.566. The lowest BCUT2D eigenvalue weighted by Crippen LogP contribution is -2.35. The van der Waals surface area contributed by atoms with Crippen LogP contribution in [0.5, 0.6) is 0 Å². The number of rotatable bonds is 3. The highest BCUT2D eigenvalue weighted by Crippen LogP contribution is 2.43. The molecule has 0 atom stereocenters. The molecule has 0 radical (unpaired) electrons. The smallest absolute Gasteiger partial charge is 0.212 e. The molecule has 64 valence electrons. The molecule has 0 aromatic heterocycles. The molecule has 2 aliphatic carbocycles. The standard InChI is InChI=1S/C7H13NO2S/c1-7(4-5-7)11(9,10)8-6-2-3-6/h6,8H,2-5H2,1H3. The first-order valence-electron chi connectivity index (χ1n) is 4.05. The topological polar surface area (TPSA) is 46.2 Å². The Hall–Kier alpha value is -0.0900. The fourth-order valence-electron chi connectivity index (χ4n) is 1.01. The normalized spacial score (nSPS) is 28.5. The summed E-state index contributed by atoms with van der Waals surface area (Å²) in [5.41, 5.74) is 0. The molecule has 0 aromatic rings. The van der Waals surface area contributed by atoms with Gasteiger partial charge in [-0.15, -0.1) is 0 Å². The summed E-state index contributed by atoms with van der Waals surface area (Å²) in [4.78, 5) is 0.